The van der Waals surface area contributed by atoms with E-state index < -0.39 is 0 Å². The van der Waals surface area contributed by atoms with Crippen molar-refractivity contribution in [2.75, 3.05) is 0 Å². The molecule has 7 aromatic carbocycles. The zero-order valence-corrected chi connectivity index (χ0v) is 27.6. The first-order valence-corrected chi connectivity index (χ1v) is 17.2. The number of hydrogen-bond acceptors (Lipinski definition) is 3. The fourth-order valence-corrected chi connectivity index (χ4v) is 7.72. The Bertz CT molecular complexity index is 2840. The first kappa shape index (κ1) is 29.0. The average Bonchev–Trinajstić information content (AvgIpc) is 3.54. The molecule has 3 aromatic heterocycles. The number of rotatable bonds is 5. The van der Waals surface area contributed by atoms with E-state index in [0.29, 0.717) is 0 Å². The zero-order chi connectivity index (χ0) is 33.7. The predicted octanol–water partition coefficient (Wildman–Crippen LogP) is 11.9. The van der Waals surface area contributed by atoms with E-state index in [1.807, 2.05) is 18.5 Å². The molecule has 0 aliphatic rings. The van der Waals surface area contributed by atoms with Crippen LogP contribution in [-0.4, -0.2) is 19.5 Å². The van der Waals surface area contributed by atoms with Gasteiger partial charge in [-0.3, -0.25) is 4.98 Å². The van der Waals surface area contributed by atoms with Gasteiger partial charge in [0.2, 0.25) is 0 Å². The van der Waals surface area contributed by atoms with Crippen LogP contribution in [0.4, 0.5) is 0 Å². The van der Waals surface area contributed by atoms with Crippen LogP contribution in [0.5, 0.6) is 0 Å². The summed E-state index contributed by atoms with van der Waals surface area (Å²) in [4.78, 5) is 13.9. The number of para-hydroxylation sites is 1. The van der Waals surface area contributed by atoms with Crippen molar-refractivity contribution >= 4 is 43.4 Å². The van der Waals surface area contributed by atoms with Crippen LogP contribution in [0.25, 0.3) is 93.8 Å². The number of benzene rings is 7. The highest BCUT2D eigenvalue weighted by Gasteiger charge is 2.17. The van der Waals surface area contributed by atoms with Crippen LogP contribution in [0.2, 0.25) is 0 Å². The molecule has 0 aliphatic heterocycles. The second kappa shape index (κ2) is 11.9. The Morgan fingerprint density at radius 1 is 0.373 bits per heavy atom. The van der Waals surface area contributed by atoms with Gasteiger partial charge in [0, 0.05) is 40.0 Å². The van der Waals surface area contributed by atoms with Crippen molar-refractivity contribution in [3.63, 3.8) is 0 Å². The summed E-state index contributed by atoms with van der Waals surface area (Å²) in [7, 11) is 0. The van der Waals surface area contributed by atoms with Gasteiger partial charge in [-0.25, -0.2) is 9.97 Å². The summed E-state index contributed by atoms with van der Waals surface area (Å²) in [6.45, 7) is 0. The molecule has 238 valence electrons. The molecule has 0 saturated carbocycles. The molecule has 0 spiro atoms. The molecule has 51 heavy (non-hydrogen) atoms. The number of hydrogen-bond donors (Lipinski definition) is 0. The van der Waals surface area contributed by atoms with Gasteiger partial charge in [0.1, 0.15) is 6.33 Å². The summed E-state index contributed by atoms with van der Waals surface area (Å²) in [6.07, 6.45) is 5.48. The molecule has 4 nitrogen and oxygen atoms in total. The van der Waals surface area contributed by atoms with Crippen molar-refractivity contribution in [3.8, 4) is 50.5 Å². The average molecular weight is 651 g/mol. The van der Waals surface area contributed by atoms with Crippen LogP contribution in [0, 0.1) is 0 Å². The number of pyridine rings is 1. The normalized spacial score (nSPS) is 11.5. The van der Waals surface area contributed by atoms with E-state index in [0.717, 1.165) is 50.0 Å². The Morgan fingerprint density at radius 3 is 1.53 bits per heavy atom. The SMILES string of the molecule is c1ccc(-c2c3ccccc3c(-c3ccc(-c4cc(-c5ccc6c(c5)c5cnccc5n6-c5ccccc5)ncn4)cc3)c3ccccc23)cc1. The van der Waals surface area contributed by atoms with E-state index in [4.69, 9.17) is 9.97 Å². The highest BCUT2D eigenvalue weighted by Crippen LogP contribution is 2.44. The Labute approximate surface area is 295 Å². The molecule has 0 aliphatic carbocycles. The molecule has 10 rings (SSSR count). The van der Waals surface area contributed by atoms with Gasteiger partial charge >= 0.3 is 0 Å². The van der Waals surface area contributed by atoms with E-state index in [-0.39, 0.29) is 0 Å². The molecule has 0 fully saturated rings. The summed E-state index contributed by atoms with van der Waals surface area (Å²) in [5, 5.41) is 7.24. The minimum absolute atomic E-state index is 0.879. The minimum atomic E-state index is 0.879. The van der Waals surface area contributed by atoms with Crippen LogP contribution < -0.4 is 0 Å². The second-order valence-corrected chi connectivity index (χ2v) is 12.9. The lowest BCUT2D eigenvalue weighted by atomic mass is 9.86. The molecule has 4 heteroatoms. The Balaban J connectivity index is 1.06. The standard InChI is InChI=1S/C47H30N4/c1-3-11-32(12-4-1)46-36-15-7-9-17-38(36)47(39-18-10-8-16-37(39)46)33-21-19-31(20-22-33)42-28-43(50-30-49-42)34-23-24-44-40(27-34)41-29-48-26-25-45(41)51(44)35-13-5-2-6-14-35/h1-30H. The third-order valence-corrected chi connectivity index (χ3v) is 10.0. The second-order valence-electron chi connectivity index (χ2n) is 12.9. The molecule has 3 heterocycles. The van der Waals surface area contributed by atoms with Crippen molar-refractivity contribution in [2.45, 2.75) is 0 Å². The first-order valence-electron chi connectivity index (χ1n) is 17.2. The number of aromatic nitrogens is 4. The summed E-state index contributed by atoms with van der Waals surface area (Å²) in [6, 6.07) is 58.3. The summed E-state index contributed by atoms with van der Waals surface area (Å²) in [5.74, 6) is 0. The van der Waals surface area contributed by atoms with Crippen LogP contribution in [-0.2, 0) is 0 Å². The Kier molecular flexibility index (Phi) is 6.78. The van der Waals surface area contributed by atoms with E-state index in [9.17, 15) is 0 Å². The van der Waals surface area contributed by atoms with E-state index >= 15 is 0 Å². The fraction of sp³-hybridized carbons (Fsp3) is 0. The number of fused-ring (bicyclic) bond motifs is 5. The highest BCUT2D eigenvalue weighted by molar-refractivity contribution is 6.21. The maximum absolute atomic E-state index is 4.72. The Morgan fingerprint density at radius 2 is 0.882 bits per heavy atom. The van der Waals surface area contributed by atoms with Crippen molar-refractivity contribution in [3.05, 3.63) is 183 Å². The maximum atomic E-state index is 4.72. The molecule has 0 amide bonds. The van der Waals surface area contributed by atoms with Gasteiger partial charge in [-0.2, -0.15) is 0 Å². The zero-order valence-electron chi connectivity index (χ0n) is 27.6. The third-order valence-electron chi connectivity index (χ3n) is 10.0. The minimum Gasteiger partial charge on any atom is -0.309 e. The lowest BCUT2D eigenvalue weighted by molar-refractivity contribution is 1.17. The molecule has 10 aromatic rings. The smallest absolute Gasteiger partial charge is 0.116 e. The predicted molar refractivity (Wildman–Crippen MR) is 211 cm³/mol. The van der Waals surface area contributed by atoms with Gasteiger partial charge in [0.25, 0.3) is 0 Å². The van der Waals surface area contributed by atoms with Crippen LogP contribution in [0.3, 0.4) is 0 Å². The van der Waals surface area contributed by atoms with Gasteiger partial charge in [0.15, 0.2) is 0 Å². The third kappa shape index (κ3) is 4.80. The van der Waals surface area contributed by atoms with E-state index in [2.05, 4.69) is 167 Å². The molecule has 0 unspecified atom stereocenters. The van der Waals surface area contributed by atoms with Gasteiger partial charge in [-0.1, -0.05) is 127 Å². The van der Waals surface area contributed by atoms with Crippen molar-refractivity contribution in [2.24, 2.45) is 0 Å². The van der Waals surface area contributed by atoms with Crippen molar-refractivity contribution in [1.29, 1.82) is 0 Å². The fourth-order valence-electron chi connectivity index (χ4n) is 7.72. The van der Waals surface area contributed by atoms with Gasteiger partial charge in [-0.05, 0) is 80.2 Å². The monoisotopic (exact) mass is 650 g/mol. The summed E-state index contributed by atoms with van der Waals surface area (Å²) < 4.78 is 2.30. The molecule has 0 N–H and O–H groups in total. The van der Waals surface area contributed by atoms with Crippen molar-refractivity contribution in [1.82, 2.24) is 19.5 Å². The van der Waals surface area contributed by atoms with Gasteiger partial charge in [0.05, 0.1) is 22.4 Å². The van der Waals surface area contributed by atoms with Crippen LogP contribution >= 0.6 is 0 Å². The number of nitrogens with zero attached hydrogens (tertiary/aromatic N) is 4. The molecule has 0 bridgehead atoms. The Hall–Kier alpha value is -6.91. The largest absolute Gasteiger partial charge is 0.309 e. The van der Waals surface area contributed by atoms with Crippen LogP contribution in [0.15, 0.2) is 183 Å². The molecular weight excluding hydrogens is 621 g/mol. The lowest BCUT2D eigenvalue weighted by Crippen LogP contribution is -1.93. The lowest BCUT2D eigenvalue weighted by Gasteiger charge is -2.17. The maximum Gasteiger partial charge on any atom is 0.116 e. The summed E-state index contributed by atoms with van der Waals surface area (Å²) in [5.41, 5.74) is 12.1. The quantitative estimate of drug-likeness (QED) is 0.174. The van der Waals surface area contributed by atoms with Gasteiger partial charge in [-0.15, -0.1) is 0 Å². The molecule has 0 saturated heterocycles. The molecule has 0 radical (unpaired) electrons. The topological polar surface area (TPSA) is 43.6 Å². The highest BCUT2D eigenvalue weighted by atomic mass is 15.0. The van der Waals surface area contributed by atoms with E-state index in [1.165, 1.54) is 43.8 Å². The molecule has 0 atom stereocenters. The first-order chi connectivity index (χ1) is 25.3. The van der Waals surface area contributed by atoms with E-state index in [1.54, 1.807) is 6.33 Å². The summed E-state index contributed by atoms with van der Waals surface area (Å²) >= 11 is 0. The van der Waals surface area contributed by atoms with Crippen LogP contribution in [0.1, 0.15) is 0 Å². The van der Waals surface area contributed by atoms with Crippen molar-refractivity contribution < 1.29 is 0 Å². The van der Waals surface area contributed by atoms with Gasteiger partial charge < -0.3 is 4.57 Å². The molecular formula is C47H30N4.